The Morgan fingerprint density at radius 1 is 1.22 bits per heavy atom. The van der Waals surface area contributed by atoms with Crippen molar-refractivity contribution >= 4 is 11.4 Å². The molecule has 2 aromatic rings. The molecule has 4 heteroatoms. The fourth-order valence-corrected chi connectivity index (χ4v) is 1.75. The van der Waals surface area contributed by atoms with E-state index in [0.717, 1.165) is 24.3 Å². The summed E-state index contributed by atoms with van der Waals surface area (Å²) in [6.07, 6.45) is 2.66. The van der Waals surface area contributed by atoms with Crippen LogP contribution in [0.1, 0.15) is 5.69 Å². The Balaban J connectivity index is 1.95. The van der Waals surface area contributed by atoms with Crippen LogP contribution in [-0.2, 0) is 6.42 Å². The molecular weight excluding hydrogens is 226 g/mol. The van der Waals surface area contributed by atoms with Crippen LogP contribution in [0.3, 0.4) is 0 Å². The quantitative estimate of drug-likeness (QED) is 0.791. The number of para-hydroxylation sites is 1. The number of nitrogens with zero attached hydrogens (tertiary/aromatic N) is 1. The average Bonchev–Trinajstić information content (AvgIpc) is 2.42. The number of hydrogen-bond donors (Lipinski definition) is 2. The third kappa shape index (κ3) is 2.91. The Morgan fingerprint density at radius 3 is 2.83 bits per heavy atom. The normalized spacial score (nSPS) is 10.1. The summed E-state index contributed by atoms with van der Waals surface area (Å²) < 4.78 is 5.17. The zero-order valence-electron chi connectivity index (χ0n) is 10.4. The second-order valence-electron chi connectivity index (χ2n) is 3.92. The molecule has 0 fully saturated rings. The molecule has 0 atom stereocenters. The van der Waals surface area contributed by atoms with Crippen molar-refractivity contribution in [3.8, 4) is 5.75 Å². The number of nitrogens with two attached hydrogens (primary N) is 1. The number of hydrogen-bond acceptors (Lipinski definition) is 4. The van der Waals surface area contributed by atoms with E-state index in [-0.39, 0.29) is 0 Å². The van der Waals surface area contributed by atoms with Crippen LogP contribution in [0.4, 0.5) is 11.4 Å². The zero-order chi connectivity index (χ0) is 12.8. The summed E-state index contributed by atoms with van der Waals surface area (Å²) in [5.74, 6) is 0.692. The minimum Gasteiger partial charge on any atom is -0.495 e. The molecule has 4 nitrogen and oxygen atoms in total. The molecule has 0 radical (unpaired) electrons. The van der Waals surface area contributed by atoms with Gasteiger partial charge in [0, 0.05) is 24.9 Å². The van der Waals surface area contributed by atoms with Gasteiger partial charge in [0.05, 0.1) is 18.5 Å². The standard InChI is InChI=1S/C14H17N3O/c1-18-13-7-4-6-12(14(13)15)17-10-8-11-5-2-3-9-16-11/h2-7,9,17H,8,10,15H2,1H3. The fraction of sp³-hybridized carbons (Fsp3) is 0.214. The second kappa shape index (κ2) is 5.91. The molecule has 0 amide bonds. The van der Waals surface area contributed by atoms with Gasteiger partial charge in [-0.2, -0.15) is 0 Å². The minimum absolute atomic E-state index is 0.640. The monoisotopic (exact) mass is 243 g/mol. The molecule has 1 aromatic heterocycles. The van der Waals surface area contributed by atoms with Gasteiger partial charge in [0.15, 0.2) is 0 Å². The number of pyridine rings is 1. The predicted octanol–water partition coefficient (Wildman–Crippen LogP) is 2.33. The minimum atomic E-state index is 0.640. The number of rotatable bonds is 5. The number of benzene rings is 1. The van der Waals surface area contributed by atoms with Gasteiger partial charge in [-0.1, -0.05) is 12.1 Å². The first-order chi connectivity index (χ1) is 8.81. The number of nitrogen functional groups attached to an aromatic ring is 1. The topological polar surface area (TPSA) is 60.2 Å². The Kier molecular flexibility index (Phi) is 4.02. The summed E-state index contributed by atoms with van der Waals surface area (Å²) in [5.41, 5.74) is 8.57. The largest absolute Gasteiger partial charge is 0.495 e. The van der Waals surface area contributed by atoms with Crippen LogP contribution in [0, 0.1) is 0 Å². The summed E-state index contributed by atoms with van der Waals surface area (Å²) in [6.45, 7) is 0.786. The third-order valence-electron chi connectivity index (χ3n) is 2.71. The van der Waals surface area contributed by atoms with Gasteiger partial charge in [0.25, 0.3) is 0 Å². The van der Waals surface area contributed by atoms with Gasteiger partial charge >= 0.3 is 0 Å². The fourth-order valence-electron chi connectivity index (χ4n) is 1.75. The van der Waals surface area contributed by atoms with E-state index in [4.69, 9.17) is 10.5 Å². The zero-order valence-corrected chi connectivity index (χ0v) is 10.4. The summed E-state index contributed by atoms with van der Waals surface area (Å²) >= 11 is 0. The molecule has 2 rings (SSSR count). The lowest BCUT2D eigenvalue weighted by atomic mass is 10.2. The van der Waals surface area contributed by atoms with Crippen molar-refractivity contribution in [2.24, 2.45) is 0 Å². The molecule has 18 heavy (non-hydrogen) atoms. The van der Waals surface area contributed by atoms with Gasteiger partial charge in [-0.25, -0.2) is 0 Å². The SMILES string of the molecule is COc1cccc(NCCc2ccccn2)c1N. The lowest BCUT2D eigenvalue weighted by Gasteiger charge is -2.11. The predicted molar refractivity (Wildman–Crippen MR) is 73.8 cm³/mol. The van der Waals surface area contributed by atoms with Gasteiger partial charge in [0.2, 0.25) is 0 Å². The van der Waals surface area contributed by atoms with Crippen LogP contribution in [-0.4, -0.2) is 18.6 Å². The van der Waals surface area contributed by atoms with Gasteiger partial charge in [-0.15, -0.1) is 0 Å². The Labute approximate surface area is 107 Å². The van der Waals surface area contributed by atoms with Crippen molar-refractivity contribution in [1.29, 1.82) is 0 Å². The van der Waals surface area contributed by atoms with E-state index < -0.39 is 0 Å². The van der Waals surface area contributed by atoms with Crippen molar-refractivity contribution < 1.29 is 4.74 Å². The highest BCUT2D eigenvalue weighted by Crippen LogP contribution is 2.28. The summed E-state index contributed by atoms with van der Waals surface area (Å²) in [5, 5.41) is 3.29. The molecule has 1 aromatic carbocycles. The van der Waals surface area contributed by atoms with E-state index in [2.05, 4.69) is 10.3 Å². The first-order valence-corrected chi connectivity index (χ1v) is 5.87. The molecule has 0 aliphatic carbocycles. The number of anilines is 2. The number of methoxy groups -OCH3 is 1. The highest BCUT2D eigenvalue weighted by atomic mass is 16.5. The summed E-state index contributed by atoms with van der Waals surface area (Å²) in [4.78, 5) is 4.27. The van der Waals surface area contributed by atoms with E-state index in [1.54, 1.807) is 13.3 Å². The first-order valence-electron chi connectivity index (χ1n) is 5.87. The van der Waals surface area contributed by atoms with Crippen molar-refractivity contribution in [1.82, 2.24) is 4.98 Å². The van der Waals surface area contributed by atoms with Crippen LogP contribution < -0.4 is 15.8 Å². The molecule has 0 bridgehead atoms. The maximum absolute atomic E-state index is 5.97. The average molecular weight is 243 g/mol. The number of aromatic nitrogens is 1. The van der Waals surface area contributed by atoms with Crippen molar-refractivity contribution in [3.05, 3.63) is 48.3 Å². The van der Waals surface area contributed by atoms with Gasteiger partial charge < -0.3 is 15.8 Å². The third-order valence-corrected chi connectivity index (χ3v) is 2.71. The van der Waals surface area contributed by atoms with Crippen molar-refractivity contribution in [2.75, 3.05) is 24.7 Å². The van der Waals surface area contributed by atoms with E-state index in [1.807, 2.05) is 36.4 Å². The molecule has 0 saturated carbocycles. The number of ether oxygens (including phenoxy) is 1. The van der Waals surface area contributed by atoms with E-state index in [9.17, 15) is 0 Å². The van der Waals surface area contributed by atoms with Gasteiger partial charge in [-0.3, -0.25) is 4.98 Å². The molecule has 0 aliphatic heterocycles. The van der Waals surface area contributed by atoms with Gasteiger partial charge in [0.1, 0.15) is 5.75 Å². The van der Waals surface area contributed by atoms with E-state index in [1.165, 1.54) is 0 Å². The smallest absolute Gasteiger partial charge is 0.143 e. The van der Waals surface area contributed by atoms with Crippen LogP contribution in [0.2, 0.25) is 0 Å². The lowest BCUT2D eigenvalue weighted by molar-refractivity contribution is 0.417. The first kappa shape index (κ1) is 12.2. The van der Waals surface area contributed by atoms with Crippen LogP contribution >= 0.6 is 0 Å². The molecular formula is C14H17N3O. The maximum atomic E-state index is 5.97. The highest BCUT2D eigenvalue weighted by Gasteiger charge is 2.04. The molecule has 0 spiro atoms. The Morgan fingerprint density at radius 2 is 2.11 bits per heavy atom. The lowest BCUT2D eigenvalue weighted by Crippen LogP contribution is -2.08. The van der Waals surface area contributed by atoms with Crippen LogP contribution in [0.5, 0.6) is 5.75 Å². The summed E-state index contributed by atoms with van der Waals surface area (Å²) in [6, 6.07) is 11.6. The Bertz CT molecular complexity index is 500. The van der Waals surface area contributed by atoms with E-state index >= 15 is 0 Å². The molecule has 1 heterocycles. The van der Waals surface area contributed by atoms with Crippen LogP contribution in [0.15, 0.2) is 42.6 Å². The number of nitrogens with one attached hydrogen (secondary N) is 1. The molecule has 0 aliphatic rings. The summed E-state index contributed by atoms with van der Waals surface area (Å²) in [7, 11) is 1.61. The van der Waals surface area contributed by atoms with Crippen LogP contribution in [0.25, 0.3) is 0 Å². The second-order valence-corrected chi connectivity index (χ2v) is 3.92. The van der Waals surface area contributed by atoms with E-state index in [0.29, 0.717) is 11.4 Å². The van der Waals surface area contributed by atoms with Crippen molar-refractivity contribution in [3.63, 3.8) is 0 Å². The molecule has 3 N–H and O–H groups in total. The van der Waals surface area contributed by atoms with Gasteiger partial charge in [-0.05, 0) is 24.3 Å². The molecule has 0 saturated heterocycles. The molecule has 0 unspecified atom stereocenters. The van der Waals surface area contributed by atoms with Crippen molar-refractivity contribution in [2.45, 2.75) is 6.42 Å². The maximum Gasteiger partial charge on any atom is 0.143 e. The molecule has 94 valence electrons. The highest BCUT2D eigenvalue weighted by molar-refractivity contribution is 5.72. The Hall–Kier alpha value is -2.23.